The van der Waals surface area contributed by atoms with Crippen molar-refractivity contribution in [3.63, 3.8) is 0 Å². The Kier molecular flexibility index (Phi) is 5.76. The molecule has 1 atom stereocenters. The molecule has 1 fully saturated rings. The van der Waals surface area contributed by atoms with Crippen LogP contribution in [-0.4, -0.2) is 45.5 Å². The van der Waals surface area contributed by atoms with Crippen LogP contribution in [0.15, 0.2) is 23.1 Å². The number of halogens is 2. The third-order valence-electron chi connectivity index (χ3n) is 3.17. The van der Waals surface area contributed by atoms with E-state index in [1.165, 1.54) is 23.5 Å². The molecule has 1 aromatic rings. The van der Waals surface area contributed by atoms with E-state index in [0.29, 0.717) is 19.6 Å². The van der Waals surface area contributed by atoms with Crippen molar-refractivity contribution in [3.05, 3.63) is 24.0 Å². The van der Waals surface area contributed by atoms with E-state index in [0.717, 1.165) is 6.07 Å². The van der Waals surface area contributed by atoms with Crippen LogP contribution >= 0.6 is 12.4 Å². The van der Waals surface area contributed by atoms with Gasteiger partial charge in [0.25, 0.3) is 0 Å². The van der Waals surface area contributed by atoms with Crippen LogP contribution in [0.1, 0.15) is 6.92 Å². The Hall–Kier alpha value is -0.890. The fraction of sp³-hybridized carbons (Fsp3) is 0.500. The Labute approximate surface area is 124 Å². The summed E-state index contributed by atoms with van der Waals surface area (Å²) in [6, 6.07) is 3.55. The first-order valence-electron chi connectivity index (χ1n) is 6.03. The highest BCUT2D eigenvalue weighted by atomic mass is 35.5. The highest BCUT2D eigenvalue weighted by Gasteiger charge is 2.31. The Bertz CT molecular complexity index is 568. The molecule has 1 saturated heterocycles. The van der Waals surface area contributed by atoms with Crippen molar-refractivity contribution in [2.24, 2.45) is 0 Å². The van der Waals surface area contributed by atoms with Gasteiger partial charge in [-0.3, -0.25) is 0 Å². The third kappa shape index (κ3) is 3.22. The average molecular weight is 325 g/mol. The molecule has 1 heterocycles. The van der Waals surface area contributed by atoms with Gasteiger partial charge < -0.3 is 10.1 Å². The van der Waals surface area contributed by atoms with Crippen LogP contribution in [0.3, 0.4) is 0 Å². The molecular weight excluding hydrogens is 307 g/mol. The number of hydrogen-bond acceptors (Lipinski definition) is 4. The molecule has 0 spiro atoms. The van der Waals surface area contributed by atoms with Gasteiger partial charge >= 0.3 is 0 Å². The summed E-state index contributed by atoms with van der Waals surface area (Å²) in [5, 5.41) is 3.12. The summed E-state index contributed by atoms with van der Waals surface area (Å²) >= 11 is 0. The zero-order valence-electron chi connectivity index (χ0n) is 11.3. The van der Waals surface area contributed by atoms with Crippen molar-refractivity contribution in [3.8, 4) is 5.75 Å². The molecular formula is C12H18ClFN2O3S. The average Bonchev–Trinajstić information content (AvgIpc) is 2.39. The van der Waals surface area contributed by atoms with Gasteiger partial charge in [0.15, 0.2) is 11.6 Å². The molecule has 0 unspecified atom stereocenters. The van der Waals surface area contributed by atoms with Crippen LogP contribution < -0.4 is 10.1 Å². The van der Waals surface area contributed by atoms with Crippen LogP contribution in [0.5, 0.6) is 5.75 Å². The van der Waals surface area contributed by atoms with E-state index in [9.17, 15) is 12.8 Å². The normalized spacial score (nSPS) is 20.2. The van der Waals surface area contributed by atoms with Crippen molar-refractivity contribution in [2.75, 3.05) is 26.7 Å². The Morgan fingerprint density at radius 3 is 2.70 bits per heavy atom. The second kappa shape index (κ2) is 6.71. The Balaban J connectivity index is 0.00000200. The molecule has 1 aliphatic heterocycles. The predicted molar refractivity (Wildman–Crippen MR) is 76.4 cm³/mol. The van der Waals surface area contributed by atoms with Crippen LogP contribution in [0.25, 0.3) is 0 Å². The van der Waals surface area contributed by atoms with E-state index >= 15 is 0 Å². The maximum atomic E-state index is 13.6. The first kappa shape index (κ1) is 17.2. The smallest absolute Gasteiger partial charge is 0.243 e. The van der Waals surface area contributed by atoms with Gasteiger partial charge in [-0.1, -0.05) is 0 Å². The molecule has 0 amide bonds. The number of nitrogens with one attached hydrogen (secondary N) is 1. The number of nitrogens with zero attached hydrogens (tertiary/aromatic N) is 1. The van der Waals surface area contributed by atoms with Gasteiger partial charge in [0, 0.05) is 25.7 Å². The van der Waals surface area contributed by atoms with E-state index in [1.54, 1.807) is 0 Å². The van der Waals surface area contributed by atoms with Gasteiger partial charge in [-0.2, -0.15) is 4.31 Å². The first-order valence-corrected chi connectivity index (χ1v) is 7.47. The first-order chi connectivity index (χ1) is 8.96. The van der Waals surface area contributed by atoms with Crippen molar-refractivity contribution < 1.29 is 17.5 Å². The van der Waals surface area contributed by atoms with Crippen LogP contribution in [0.2, 0.25) is 0 Å². The molecule has 5 nitrogen and oxygen atoms in total. The van der Waals surface area contributed by atoms with E-state index in [4.69, 9.17) is 4.74 Å². The standard InChI is InChI=1S/C12H17FN2O3S.ClH/c1-9-8-14-5-6-15(9)19(16,17)10-3-4-12(18-2)11(13)7-10;/h3-4,7,9,14H,5-6,8H2,1-2H3;1H/t9-;/m1./s1. The monoisotopic (exact) mass is 324 g/mol. The molecule has 8 heteroatoms. The number of piperazine rings is 1. The topological polar surface area (TPSA) is 58.6 Å². The van der Waals surface area contributed by atoms with E-state index in [1.807, 2.05) is 6.92 Å². The van der Waals surface area contributed by atoms with Crippen LogP contribution in [0, 0.1) is 5.82 Å². The minimum absolute atomic E-state index is 0. The maximum absolute atomic E-state index is 13.6. The van der Waals surface area contributed by atoms with Crippen molar-refractivity contribution >= 4 is 22.4 Å². The molecule has 2 rings (SSSR count). The number of sulfonamides is 1. The van der Waals surface area contributed by atoms with Crippen LogP contribution in [-0.2, 0) is 10.0 Å². The summed E-state index contributed by atoms with van der Waals surface area (Å²) < 4.78 is 44.7. The zero-order chi connectivity index (χ0) is 14.0. The van der Waals surface area contributed by atoms with Crippen molar-refractivity contribution in [2.45, 2.75) is 17.9 Å². The number of methoxy groups -OCH3 is 1. The lowest BCUT2D eigenvalue weighted by Crippen LogP contribution is -2.52. The van der Waals surface area contributed by atoms with E-state index < -0.39 is 15.8 Å². The fourth-order valence-electron chi connectivity index (χ4n) is 2.12. The summed E-state index contributed by atoms with van der Waals surface area (Å²) in [7, 11) is -2.32. The lowest BCUT2D eigenvalue weighted by molar-refractivity contribution is 0.283. The summed E-state index contributed by atoms with van der Waals surface area (Å²) in [5.74, 6) is -0.640. The second-order valence-electron chi connectivity index (χ2n) is 4.47. The molecule has 1 aromatic carbocycles. The molecule has 0 radical (unpaired) electrons. The van der Waals surface area contributed by atoms with Gasteiger partial charge in [-0.05, 0) is 25.1 Å². The molecule has 0 bridgehead atoms. The molecule has 1 N–H and O–H groups in total. The summed E-state index contributed by atoms with van der Waals surface area (Å²) in [6.45, 7) is 3.40. The highest BCUT2D eigenvalue weighted by molar-refractivity contribution is 7.89. The molecule has 0 aromatic heterocycles. The van der Waals surface area contributed by atoms with E-state index in [-0.39, 0.29) is 29.1 Å². The summed E-state index contributed by atoms with van der Waals surface area (Å²) in [4.78, 5) is -0.0421. The number of hydrogen-bond donors (Lipinski definition) is 1. The third-order valence-corrected chi connectivity index (χ3v) is 5.18. The van der Waals surface area contributed by atoms with Gasteiger partial charge in [0.1, 0.15) is 0 Å². The Morgan fingerprint density at radius 1 is 1.45 bits per heavy atom. The Morgan fingerprint density at radius 2 is 2.15 bits per heavy atom. The minimum Gasteiger partial charge on any atom is -0.494 e. The highest BCUT2D eigenvalue weighted by Crippen LogP contribution is 2.24. The van der Waals surface area contributed by atoms with Gasteiger partial charge in [-0.15, -0.1) is 12.4 Å². The van der Waals surface area contributed by atoms with Gasteiger partial charge in [-0.25, -0.2) is 12.8 Å². The van der Waals surface area contributed by atoms with Crippen molar-refractivity contribution in [1.82, 2.24) is 9.62 Å². The molecule has 20 heavy (non-hydrogen) atoms. The SMILES string of the molecule is COc1ccc(S(=O)(=O)N2CCNC[C@H]2C)cc1F.Cl. The van der Waals surface area contributed by atoms with Gasteiger partial charge in [0.05, 0.1) is 12.0 Å². The van der Waals surface area contributed by atoms with E-state index in [2.05, 4.69) is 5.32 Å². The fourth-order valence-corrected chi connectivity index (χ4v) is 3.77. The number of ether oxygens (including phenoxy) is 1. The lowest BCUT2D eigenvalue weighted by atomic mass is 10.3. The van der Waals surface area contributed by atoms with Crippen molar-refractivity contribution in [1.29, 1.82) is 0 Å². The van der Waals surface area contributed by atoms with Crippen LogP contribution in [0.4, 0.5) is 4.39 Å². The zero-order valence-corrected chi connectivity index (χ0v) is 12.9. The largest absolute Gasteiger partial charge is 0.494 e. The lowest BCUT2D eigenvalue weighted by Gasteiger charge is -2.32. The molecule has 114 valence electrons. The quantitative estimate of drug-likeness (QED) is 0.909. The molecule has 0 aliphatic carbocycles. The second-order valence-corrected chi connectivity index (χ2v) is 6.36. The molecule has 1 aliphatic rings. The molecule has 0 saturated carbocycles. The maximum Gasteiger partial charge on any atom is 0.243 e. The number of rotatable bonds is 3. The van der Waals surface area contributed by atoms with Gasteiger partial charge in [0.2, 0.25) is 10.0 Å². The summed E-state index contributed by atoms with van der Waals surface area (Å²) in [6.07, 6.45) is 0. The summed E-state index contributed by atoms with van der Waals surface area (Å²) in [5.41, 5.74) is 0. The number of benzene rings is 1. The predicted octanol–water partition coefficient (Wildman–Crippen LogP) is 1.24. The minimum atomic E-state index is -3.66.